The number of carbonyl (C=O) groups is 1. The molecule has 1 aliphatic heterocycles. The predicted molar refractivity (Wildman–Crippen MR) is 99.3 cm³/mol. The Balaban J connectivity index is 1.47. The maximum absolute atomic E-state index is 12.3. The van der Waals surface area contributed by atoms with Crippen molar-refractivity contribution in [2.24, 2.45) is 0 Å². The molecule has 0 atom stereocenters. The molecule has 9 heteroatoms. The van der Waals surface area contributed by atoms with Gasteiger partial charge in [0.15, 0.2) is 8.68 Å². The molecule has 0 spiro atoms. The second-order valence-electron chi connectivity index (χ2n) is 5.21. The van der Waals surface area contributed by atoms with E-state index < -0.39 is 0 Å². The number of benzene rings is 1. The van der Waals surface area contributed by atoms with Crippen molar-refractivity contribution in [2.75, 3.05) is 43.1 Å². The van der Waals surface area contributed by atoms with E-state index in [1.807, 2.05) is 23.3 Å². The van der Waals surface area contributed by atoms with Gasteiger partial charge in [-0.15, -0.1) is 10.2 Å². The molecule has 3 rings (SSSR count). The SMILES string of the molecule is CSc1nnc(SCC(=O)N2CCN(c3ccc(O)cc3)CC2)s1. The molecule has 0 saturated carbocycles. The zero-order chi connectivity index (χ0) is 16.9. The highest BCUT2D eigenvalue weighted by atomic mass is 32.2. The Kier molecular flexibility index (Phi) is 5.85. The third-order valence-corrected chi connectivity index (χ3v) is 6.75. The summed E-state index contributed by atoms with van der Waals surface area (Å²) in [6.07, 6.45) is 1.97. The second-order valence-corrected chi connectivity index (χ2v) is 8.46. The lowest BCUT2D eigenvalue weighted by molar-refractivity contribution is -0.128. The van der Waals surface area contributed by atoms with Crippen molar-refractivity contribution in [3.05, 3.63) is 24.3 Å². The molecule has 1 amide bonds. The Bertz CT molecular complexity index is 684. The van der Waals surface area contributed by atoms with Gasteiger partial charge in [-0.25, -0.2) is 0 Å². The fourth-order valence-corrected chi connectivity index (χ4v) is 4.77. The minimum absolute atomic E-state index is 0.145. The number of aromatic nitrogens is 2. The van der Waals surface area contributed by atoms with Gasteiger partial charge in [-0.05, 0) is 30.5 Å². The summed E-state index contributed by atoms with van der Waals surface area (Å²) in [4.78, 5) is 16.5. The van der Waals surface area contributed by atoms with Crippen LogP contribution in [0.3, 0.4) is 0 Å². The van der Waals surface area contributed by atoms with E-state index in [2.05, 4.69) is 15.1 Å². The van der Waals surface area contributed by atoms with Gasteiger partial charge in [0, 0.05) is 31.9 Å². The topological polar surface area (TPSA) is 69.6 Å². The Labute approximate surface area is 153 Å². The first-order valence-corrected chi connectivity index (χ1v) is 10.5. The highest BCUT2D eigenvalue weighted by Gasteiger charge is 2.21. The molecule has 0 radical (unpaired) electrons. The van der Waals surface area contributed by atoms with Gasteiger partial charge in [-0.2, -0.15) is 0 Å². The van der Waals surface area contributed by atoms with Crippen LogP contribution < -0.4 is 4.90 Å². The van der Waals surface area contributed by atoms with E-state index in [0.717, 1.165) is 27.5 Å². The third kappa shape index (κ3) is 4.34. The quantitative estimate of drug-likeness (QED) is 0.796. The molecule has 128 valence electrons. The number of nitrogens with zero attached hydrogens (tertiary/aromatic N) is 4. The normalized spacial score (nSPS) is 14.9. The molecule has 2 heterocycles. The van der Waals surface area contributed by atoms with E-state index in [1.165, 1.54) is 23.1 Å². The number of anilines is 1. The third-order valence-electron chi connectivity index (χ3n) is 3.73. The van der Waals surface area contributed by atoms with Crippen molar-refractivity contribution >= 4 is 46.5 Å². The smallest absolute Gasteiger partial charge is 0.233 e. The Morgan fingerprint density at radius 3 is 2.46 bits per heavy atom. The van der Waals surface area contributed by atoms with Crippen LogP contribution in [0.4, 0.5) is 5.69 Å². The molecule has 1 fully saturated rings. The summed E-state index contributed by atoms with van der Waals surface area (Å²) in [5, 5.41) is 17.5. The summed E-state index contributed by atoms with van der Waals surface area (Å²) < 4.78 is 1.77. The summed E-state index contributed by atoms with van der Waals surface area (Å²) in [7, 11) is 0. The van der Waals surface area contributed by atoms with E-state index in [1.54, 1.807) is 23.9 Å². The molecule has 1 saturated heterocycles. The van der Waals surface area contributed by atoms with Crippen molar-refractivity contribution in [1.82, 2.24) is 15.1 Å². The molecule has 0 unspecified atom stereocenters. The summed E-state index contributed by atoms with van der Waals surface area (Å²) in [5.74, 6) is 0.819. The Hall–Kier alpha value is -1.45. The molecule has 24 heavy (non-hydrogen) atoms. The highest BCUT2D eigenvalue weighted by molar-refractivity contribution is 8.03. The number of piperazine rings is 1. The number of rotatable bonds is 5. The van der Waals surface area contributed by atoms with Crippen LogP contribution in [0.15, 0.2) is 32.9 Å². The maximum Gasteiger partial charge on any atom is 0.233 e. The molecule has 1 aliphatic rings. The van der Waals surface area contributed by atoms with Gasteiger partial charge in [0.05, 0.1) is 5.75 Å². The number of hydrogen-bond acceptors (Lipinski definition) is 8. The maximum atomic E-state index is 12.3. The molecular formula is C15H18N4O2S3. The zero-order valence-electron chi connectivity index (χ0n) is 13.2. The van der Waals surface area contributed by atoms with Gasteiger partial charge in [-0.3, -0.25) is 4.79 Å². The van der Waals surface area contributed by atoms with Gasteiger partial charge >= 0.3 is 0 Å². The minimum atomic E-state index is 0.145. The van der Waals surface area contributed by atoms with Crippen LogP contribution >= 0.6 is 34.9 Å². The van der Waals surface area contributed by atoms with Gasteiger partial charge in [-0.1, -0.05) is 34.9 Å². The van der Waals surface area contributed by atoms with Crippen LogP contribution in [0, 0.1) is 0 Å². The average Bonchev–Trinajstić information content (AvgIpc) is 3.09. The number of phenolic OH excluding ortho intramolecular Hbond substituents is 1. The van der Waals surface area contributed by atoms with E-state index >= 15 is 0 Å². The molecule has 2 aromatic rings. The zero-order valence-corrected chi connectivity index (χ0v) is 15.7. The first kappa shape index (κ1) is 17.4. The van der Waals surface area contributed by atoms with Crippen molar-refractivity contribution in [2.45, 2.75) is 8.68 Å². The van der Waals surface area contributed by atoms with Crippen LogP contribution in [0.1, 0.15) is 0 Å². The monoisotopic (exact) mass is 382 g/mol. The van der Waals surface area contributed by atoms with Crippen LogP contribution in [-0.2, 0) is 4.79 Å². The van der Waals surface area contributed by atoms with E-state index in [4.69, 9.17) is 0 Å². The van der Waals surface area contributed by atoms with E-state index in [9.17, 15) is 9.90 Å². The first-order chi connectivity index (χ1) is 11.7. The predicted octanol–water partition coefficient (Wildman–Crippen LogP) is 2.41. The number of phenols is 1. The number of aromatic hydroxyl groups is 1. The molecular weight excluding hydrogens is 364 g/mol. The summed E-state index contributed by atoms with van der Waals surface area (Å²) >= 11 is 4.55. The molecule has 1 aromatic heterocycles. The van der Waals surface area contributed by atoms with Crippen molar-refractivity contribution in [3.8, 4) is 5.75 Å². The molecule has 1 N–H and O–H groups in total. The fraction of sp³-hybridized carbons (Fsp3) is 0.400. The van der Waals surface area contributed by atoms with Crippen LogP contribution in [-0.4, -0.2) is 64.3 Å². The lowest BCUT2D eigenvalue weighted by atomic mass is 10.2. The lowest BCUT2D eigenvalue weighted by Gasteiger charge is -2.36. The van der Waals surface area contributed by atoms with Crippen LogP contribution in [0.2, 0.25) is 0 Å². The molecule has 0 aliphatic carbocycles. The molecule has 0 bridgehead atoms. The Morgan fingerprint density at radius 2 is 1.83 bits per heavy atom. The lowest BCUT2D eigenvalue weighted by Crippen LogP contribution is -2.49. The minimum Gasteiger partial charge on any atom is -0.508 e. The van der Waals surface area contributed by atoms with Crippen LogP contribution in [0.5, 0.6) is 5.75 Å². The standard InChI is InChI=1S/C15H18N4O2S3/c1-22-14-16-17-15(24-14)23-10-13(21)19-8-6-18(7-9-19)11-2-4-12(20)5-3-11/h2-5,20H,6-10H2,1H3. The van der Waals surface area contributed by atoms with Crippen LogP contribution in [0.25, 0.3) is 0 Å². The highest BCUT2D eigenvalue weighted by Crippen LogP contribution is 2.27. The van der Waals surface area contributed by atoms with Crippen molar-refractivity contribution in [3.63, 3.8) is 0 Å². The van der Waals surface area contributed by atoms with Gasteiger partial charge in [0.25, 0.3) is 0 Å². The number of hydrogen-bond donors (Lipinski definition) is 1. The van der Waals surface area contributed by atoms with Gasteiger partial charge < -0.3 is 14.9 Å². The van der Waals surface area contributed by atoms with E-state index in [0.29, 0.717) is 18.8 Å². The number of carbonyl (C=O) groups excluding carboxylic acids is 1. The van der Waals surface area contributed by atoms with E-state index in [-0.39, 0.29) is 11.7 Å². The summed E-state index contributed by atoms with van der Waals surface area (Å²) in [6.45, 7) is 3.03. The second kappa shape index (κ2) is 8.09. The van der Waals surface area contributed by atoms with Crippen molar-refractivity contribution < 1.29 is 9.90 Å². The number of thioether (sulfide) groups is 2. The molecule has 1 aromatic carbocycles. The summed E-state index contributed by atoms with van der Waals surface area (Å²) in [6, 6.07) is 7.19. The van der Waals surface area contributed by atoms with Gasteiger partial charge in [0.1, 0.15) is 5.75 Å². The largest absolute Gasteiger partial charge is 0.508 e. The fourth-order valence-electron chi connectivity index (χ4n) is 2.43. The number of amides is 1. The summed E-state index contributed by atoms with van der Waals surface area (Å²) in [5.41, 5.74) is 1.08. The Morgan fingerprint density at radius 1 is 1.17 bits per heavy atom. The first-order valence-electron chi connectivity index (χ1n) is 7.48. The molecule has 6 nitrogen and oxygen atoms in total. The average molecular weight is 383 g/mol. The van der Waals surface area contributed by atoms with Crippen molar-refractivity contribution in [1.29, 1.82) is 0 Å². The van der Waals surface area contributed by atoms with Gasteiger partial charge in [0.2, 0.25) is 5.91 Å².